The zero-order valence-corrected chi connectivity index (χ0v) is 19.5. The Bertz CT molecular complexity index is 1060. The van der Waals surface area contributed by atoms with Gasteiger partial charge in [0.1, 0.15) is 10.9 Å². The summed E-state index contributed by atoms with van der Waals surface area (Å²) in [6, 6.07) is 7.58. The Labute approximate surface area is 187 Å². The number of fused-ring (bicyclic) bond motifs is 1. The van der Waals surface area contributed by atoms with Crippen molar-refractivity contribution in [1.82, 2.24) is 19.8 Å². The molecule has 2 aromatic rings. The van der Waals surface area contributed by atoms with Crippen LogP contribution in [-0.2, 0) is 25.9 Å². The minimum Gasteiger partial charge on any atom is -0.379 e. The number of benzene rings is 1. The first-order valence-corrected chi connectivity index (χ1v) is 13.2. The number of amides is 1. The molecule has 2 atom stereocenters. The zero-order chi connectivity index (χ0) is 22.0. The number of carbonyl (C=O) groups excluding carboxylic acids is 1. The van der Waals surface area contributed by atoms with Crippen molar-refractivity contribution in [3.63, 3.8) is 0 Å². The molecule has 0 aliphatic carbocycles. The molecule has 2 aliphatic rings. The average molecular weight is 465 g/mol. The molecule has 8 nitrogen and oxygen atoms in total. The summed E-state index contributed by atoms with van der Waals surface area (Å²) >= 11 is 1.41. The van der Waals surface area contributed by atoms with Gasteiger partial charge in [0.05, 0.1) is 42.0 Å². The van der Waals surface area contributed by atoms with Crippen LogP contribution >= 0.6 is 11.8 Å². The number of hydrogen-bond donors (Lipinski definition) is 0. The van der Waals surface area contributed by atoms with Crippen molar-refractivity contribution >= 4 is 38.4 Å². The van der Waals surface area contributed by atoms with E-state index in [-0.39, 0.29) is 28.7 Å². The molecule has 2 aliphatic heterocycles. The lowest BCUT2D eigenvalue weighted by Crippen LogP contribution is -2.41. The van der Waals surface area contributed by atoms with Crippen molar-refractivity contribution in [1.29, 1.82) is 0 Å². The number of aromatic nitrogens is 2. The molecule has 1 aromatic carbocycles. The summed E-state index contributed by atoms with van der Waals surface area (Å²) in [5.41, 5.74) is 0.859. The van der Waals surface area contributed by atoms with Crippen LogP contribution in [0.3, 0.4) is 0 Å². The second kappa shape index (κ2) is 9.40. The topological polar surface area (TPSA) is 92.7 Å². The standard InChI is InChI=1S/C21H28N4O4S2/c1-15(21(26)24(2)16-7-12-31(27,28)14-16)30-20-17-5-3-4-6-18(17)22-19(23-20)13-25-8-10-29-11-9-25/h3-6,15-16H,7-14H2,1-2H3/t15-,16-/m1/s1. The van der Waals surface area contributed by atoms with Crippen LogP contribution < -0.4 is 0 Å². The third-order valence-electron chi connectivity index (χ3n) is 5.82. The molecule has 168 valence electrons. The SMILES string of the molecule is C[C@@H](Sc1nc(CN2CCOCC2)nc2ccccc12)C(=O)N(C)[C@@H]1CCS(=O)(=O)C1. The Hall–Kier alpha value is -1.75. The van der Waals surface area contributed by atoms with Gasteiger partial charge in [-0.1, -0.05) is 30.0 Å². The molecule has 4 rings (SSSR count). The van der Waals surface area contributed by atoms with Gasteiger partial charge in [0.25, 0.3) is 0 Å². The maximum Gasteiger partial charge on any atom is 0.235 e. The van der Waals surface area contributed by atoms with Crippen LogP contribution in [0.25, 0.3) is 10.9 Å². The van der Waals surface area contributed by atoms with Crippen LogP contribution in [0.5, 0.6) is 0 Å². The summed E-state index contributed by atoms with van der Waals surface area (Å²) in [6.45, 7) is 5.62. The maximum atomic E-state index is 13.0. The lowest BCUT2D eigenvalue weighted by atomic mass is 10.2. The fraction of sp³-hybridized carbons (Fsp3) is 0.571. The Morgan fingerprint density at radius 3 is 2.74 bits per heavy atom. The Morgan fingerprint density at radius 1 is 1.29 bits per heavy atom. The van der Waals surface area contributed by atoms with Gasteiger partial charge in [0, 0.05) is 31.6 Å². The average Bonchev–Trinajstić information content (AvgIpc) is 3.13. The number of nitrogens with zero attached hydrogens (tertiary/aromatic N) is 4. The number of sulfone groups is 1. The number of morpholine rings is 1. The van der Waals surface area contributed by atoms with Crippen LogP contribution in [0.1, 0.15) is 19.2 Å². The van der Waals surface area contributed by atoms with E-state index >= 15 is 0 Å². The fourth-order valence-corrected chi connectivity index (χ4v) is 6.81. The first-order chi connectivity index (χ1) is 14.8. The quantitative estimate of drug-likeness (QED) is 0.470. The monoisotopic (exact) mass is 464 g/mol. The van der Waals surface area contributed by atoms with Gasteiger partial charge in [-0.3, -0.25) is 9.69 Å². The van der Waals surface area contributed by atoms with E-state index in [9.17, 15) is 13.2 Å². The van der Waals surface area contributed by atoms with E-state index in [0.29, 0.717) is 26.2 Å². The van der Waals surface area contributed by atoms with Crippen molar-refractivity contribution in [2.45, 2.75) is 36.2 Å². The van der Waals surface area contributed by atoms with Gasteiger partial charge < -0.3 is 9.64 Å². The lowest BCUT2D eigenvalue weighted by molar-refractivity contribution is -0.130. The van der Waals surface area contributed by atoms with Crippen molar-refractivity contribution in [3.05, 3.63) is 30.1 Å². The van der Waals surface area contributed by atoms with Gasteiger partial charge in [-0.05, 0) is 19.4 Å². The third kappa shape index (κ3) is 5.36. The van der Waals surface area contributed by atoms with E-state index in [1.165, 1.54) is 11.8 Å². The highest BCUT2D eigenvalue weighted by Gasteiger charge is 2.34. The number of para-hydroxylation sites is 1. The molecule has 0 spiro atoms. The molecule has 31 heavy (non-hydrogen) atoms. The number of rotatable bonds is 6. The minimum absolute atomic E-state index is 0.0484. The minimum atomic E-state index is -3.04. The molecular formula is C21H28N4O4S2. The first-order valence-electron chi connectivity index (χ1n) is 10.5. The summed E-state index contributed by atoms with van der Waals surface area (Å²) in [7, 11) is -1.34. The van der Waals surface area contributed by atoms with Gasteiger partial charge in [-0.25, -0.2) is 18.4 Å². The van der Waals surface area contributed by atoms with E-state index in [1.54, 1.807) is 11.9 Å². The summed E-state index contributed by atoms with van der Waals surface area (Å²) in [6.07, 6.45) is 0.502. The van der Waals surface area contributed by atoms with Gasteiger partial charge in [0.2, 0.25) is 5.91 Å². The predicted octanol–water partition coefficient (Wildman–Crippen LogP) is 1.59. The molecule has 0 radical (unpaired) electrons. The van der Waals surface area contributed by atoms with E-state index in [0.717, 1.165) is 34.8 Å². The Kier molecular flexibility index (Phi) is 6.80. The number of carbonyl (C=O) groups is 1. The van der Waals surface area contributed by atoms with E-state index in [2.05, 4.69) is 4.90 Å². The molecule has 0 N–H and O–H groups in total. The highest BCUT2D eigenvalue weighted by molar-refractivity contribution is 8.00. The molecule has 1 aromatic heterocycles. The maximum absolute atomic E-state index is 13.0. The zero-order valence-electron chi connectivity index (χ0n) is 17.9. The second-order valence-corrected chi connectivity index (χ2v) is 11.7. The van der Waals surface area contributed by atoms with Crippen LogP contribution in [0.15, 0.2) is 29.3 Å². The van der Waals surface area contributed by atoms with Crippen molar-refractivity contribution in [3.8, 4) is 0 Å². The summed E-state index contributed by atoms with van der Waals surface area (Å²) in [5.74, 6) is 0.855. The van der Waals surface area contributed by atoms with Crippen molar-refractivity contribution in [2.75, 3.05) is 44.9 Å². The van der Waals surface area contributed by atoms with Gasteiger partial charge in [-0.2, -0.15) is 0 Å². The largest absolute Gasteiger partial charge is 0.379 e. The molecule has 0 bridgehead atoms. The highest BCUT2D eigenvalue weighted by Crippen LogP contribution is 2.30. The smallest absolute Gasteiger partial charge is 0.235 e. The van der Waals surface area contributed by atoms with Crippen molar-refractivity contribution in [2.24, 2.45) is 0 Å². The molecule has 2 fully saturated rings. The van der Waals surface area contributed by atoms with Crippen LogP contribution in [0.2, 0.25) is 0 Å². The van der Waals surface area contributed by atoms with Crippen LogP contribution in [-0.4, -0.2) is 90.2 Å². The molecule has 0 saturated carbocycles. The molecule has 2 saturated heterocycles. The Morgan fingerprint density at radius 2 is 2.03 bits per heavy atom. The fourth-order valence-electron chi connectivity index (χ4n) is 3.98. The predicted molar refractivity (Wildman–Crippen MR) is 121 cm³/mol. The summed E-state index contributed by atoms with van der Waals surface area (Å²) in [5, 5.41) is 1.31. The molecular weight excluding hydrogens is 436 g/mol. The second-order valence-electron chi connectivity index (χ2n) is 8.12. The summed E-state index contributed by atoms with van der Waals surface area (Å²) in [4.78, 5) is 26.4. The Balaban J connectivity index is 1.52. The number of ether oxygens (including phenoxy) is 1. The lowest BCUT2D eigenvalue weighted by Gasteiger charge is -2.27. The summed E-state index contributed by atoms with van der Waals surface area (Å²) < 4.78 is 29.0. The van der Waals surface area contributed by atoms with Crippen LogP contribution in [0.4, 0.5) is 0 Å². The van der Waals surface area contributed by atoms with Crippen LogP contribution in [0, 0.1) is 0 Å². The van der Waals surface area contributed by atoms with E-state index in [1.807, 2.05) is 31.2 Å². The molecule has 10 heteroatoms. The van der Waals surface area contributed by atoms with E-state index < -0.39 is 9.84 Å². The highest BCUT2D eigenvalue weighted by atomic mass is 32.2. The van der Waals surface area contributed by atoms with Gasteiger partial charge in [0.15, 0.2) is 9.84 Å². The number of hydrogen-bond acceptors (Lipinski definition) is 8. The van der Waals surface area contributed by atoms with Gasteiger partial charge >= 0.3 is 0 Å². The number of thioether (sulfide) groups is 1. The molecule has 0 unspecified atom stereocenters. The normalized spacial score (nSPS) is 22.5. The molecule has 1 amide bonds. The van der Waals surface area contributed by atoms with Crippen molar-refractivity contribution < 1.29 is 17.9 Å². The first kappa shape index (κ1) is 22.4. The third-order valence-corrected chi connectivity index (χ3v) is 8.66. The molecule has 3 heterocycles. The van der Waals surface area contributed by atoms with E-state index in [4.69, 9.17) is 14.7 Å². The van der Waals surface area contributed by atoms with Gasteiger partial charge in [-0.15, -0.1) is 0 Å².